The van der Waals surface area contributed by atoms with E-state index < -0.39 is 0 Å². The molecule has 1 aliphatic heterocycles. The third-order valence-corrected chi connectivity index (χ3v) is 4.71. The highest BCUT2D eigenvalue weighted by molar-refractivity contribution is 14.0. The lowest BCUT2D eigenvalue weighted by Crippen LogP contribution is -2.44. The van der Waals surface area contributed by atoms with Crippen molar-refractivity contribution in [3.63, 3.8) is 0 Å². The van der Waals surface area contributed by atoms with E-state index in [9.17, 15) is 4.79 Å². The van der Waals surface area contributed by atoms with E-state index in [1.165, 1.54) is 11.1 Å². The summed E-state index contributed by atoms with van der Waals surface area (Å²) in [5.41, 5.74) is 3.43. The Bertz CT molecular complexity index is 825. The van der Waals surface area contributed by atoms with Gasteiger partial charge in [-0.3, -0.25) is 9.79 Å². The van der Waals surface area contributed by atoms with Crippen molar-refractivity contribution in [2.45, 2.75) is 25.6 Å². The fourth-order valence-corrected chi connectivity index (χ4v) is 3.44. The Hall–Kier alpha value is -2.13. The number of halogens is 1. The first-order valence-corrected chi connectivity index (χ1v) is 9.60. The maximum Gasteiger partial charge on any atom is 0.229 e. The number of carbonyl (C=O) groups is 1. The van der Waals surface area contributed by atoms with E-state index in [0.29, 0.717) is 25.5 Å². The normalized spacial score (nSPS) is 16.7. The molecule has 2 N–H and O–H groups in total. The summed E-state index contributed by atoms with van der Waals surface area (Å²) in [6.07, 6.45) is 0.466. The van der Waals surface area contributed by atoms with E-state index >= 15 is 0 Å². The second kappa shape index (κ2) is 11.2. The molecule has 156 valence electrons. The SMILES string of the molecule is CN=C(NCc1cccc(CN(C)C)c1)NC1CC(=O)N(c2ccccc2)C1.I. The fraction of sp³-hybridized carbons (Fsp3) is 0.364. The van der Waals surface area contributed by atoms with E-state index in [1.54, 1.807) is 7.05 Å². The Morgan fingerprint density at radius 2 is 1.86 bits per heavy atom. The summed E-state index contributed by atoms with van der Waals surface area (Å²) in [6, 6.07) is 18.4. The fourth-order valence-electron chi connectivity index (χ4n) is 3.44. The van der Waals surface area contributed by atoms with Crippen molar-refractivity contribution < 1.29 is 4.79 Å². The zero-order valence-corrected chi connectivity index (χ0v) is 19.6. The quantitative estimate of drug-likeness (QED) is 0.359. The Balaban J connectivity index is 0.00000300. The number of aliphatic imine (C=N–C) groups is 1. The van der Waals surface area contributed by atoms with E-state index in [0.717, 1.165) is 12.2 Å². The second-order valence-corrected chi connectivity index (χ2v) is 7.37. The predicted octanol–water partition coefficient (Wildman–Crippen LogP) is 2.84. The largest absolute Gasteiger partial charge is 0.352 e. The molecule has 0 aliphatic carbocycles. The van der Waals surface area contributed by atoms with Crippen LogP contribution in [0.2, 0.25) is 0 Å². The van der Waals surface area contributed by atoms with Crippen LogP contribution >= 0.6 is 24.0 Å². The first-order valence-electron chi connectivity index (χ1n) is 9.60. The van der Waals surface area contributed by atoms with Gasteiger partial charge in [0.25, 0.3) is 0 Å². The van der Waals surface area contributed by atoms with Gasteiger partial charge in [0.2, 0.25) is 5.91 Å². The molecule has 0 aromatic heterocycles. The van der Waals surface area contributed by atoms with Crippen LogP contribution in [0.1, 0.15) is 17.5 Å². The van der Waals surface area contributed by atoms with Gasteiger partial charge in [0.1, 0.15) is 0 Å². The van der Waals surface area contributed by atoms with E-state index in [1.807, 2.05) is 35.2 Å². The van der Waals surface area contributed by atoms with Crippen molar-refractivity contribution in [1.29, 1.82) is 0 Å². The predicted molar refractivity (Wildman–Crippen MR) is 130 cm³/mol. The number of para-hydroxylation sites is 1. The third-order valence-electron chi connectivity index (χ3n) is 4.71. The lowest BCUT2D eigenvalue weighted by atomic mass is 10.1. The van der Waals surface area contributed by atoms with Crippen molar-refractivity contribution in [1.82, 2.24) is 15.5 Å². The van der Waals surface area contributed by atoms with Gasteiger partial charge in [-0.1, -0.05) is 42.5 Å². The van der Waals surface area contributed by atoms with Crippen molar-refractivity contribution in [3.8, 4) is 0 Å². The Labute approximate surface area is 190 Å². The smallest absolute Gasteiger partial charge is 0.229 e. The lowest BCUT2D eigenvalue weighted by molar-refractivity contribution is -0.117. The summed E-state index contributed by atoms with van der Waals surface area (Å²) < 4.78 is 0. The molecular formula is C22H30IN5O. The monoisotopic (exact) mass is 507 g/mol. The molecule has 1 aliphatic rings. The van der Waals surface area contributed by atoms with E-state index in [-0.39, 0.29) is 35.9 Å². The van der Waals surface area contributed by atoms with Gasteiger partial charge in [0, 0.05) is 38.8 Å². The summed E-state index contributed by atoms with van der Waals surface area (Å²) in [7, 11) is 5.89. The summed E-state index contributed by atoms with van der Waals surface area (Å²) in [5, 5.41) is 6.74. The molecule has 0 spiro atoms. The van der Waals surface area contributed by atoms with E-state index in [2.05, 4.69) is 58.9 Å². The molecule has 0 radical (unpaired) electrons. The topological polar surface area (TPSA) is 60.0 Å². The molecule has 1 unspecified atom stereocenters. The molecule has 1 atom stereocenters. The minimum atomic E-state index is 0. The average molecular weight is 507 g/mol. The molecule has 1 fully saturated rings. The molecule has 7 heteroatoms. The Kier molecular flexibility index (Phi) is 8.91. The number of rotatable bonds is 6. The zero-order chi connectivity index (χ0) is 19.9. The molecule has 1 amide bonds. The number of carbonyl (C=O) groups excluding carboxylic acids is 1. The summed E-state index contributed by atoms with van der Waals surface area (Å²) in [6.45, 7) is 2.24. The maximum atomic E-state index is 12.4. The summed E-state index contributed by atoms with van der Waals surface area (Å²) >= 11 is 0. The van der Waals surface area contributed by atoms with Gasteiger partial charge < -0.3 is 20.4 Å². The number of hydrogen-bond donors (Lipinski definition) is 2. The zero-order valence-electron chi connectivity index (χ0n) is 17.3. The van der Waals surface area contributed by atoms with Crippen LogP contribution in [-0.4, -0.2) is 50.5 Å². The maximum absolute atomic E-state index is 12.4. The molecule has 0 bridgehead atoms. The van der Waals surface area contributed by atoms with Gasteiger partial charge >= 0.3 is 0 Å². The summed E-state index contributed by atoms with van der Waals surface area (Å²) in [4.78, 5) is 20.7. The third kappa shape index (κ3) is 6.71. The first-order chi connectivity index (χ1) is 13.5. The van der Waals surface area contributed by atoms with Crippen molar-refractivity contribution in [3.05, 3.63) is 65.7 Å². The number of amides is 1. The van der Waals surface area contributed by atoms with Gasteiger partial charge in [-0.2, -0.15) is 0 Å². The van der Waals surface area contributed by atoms with Crippen LogP contribution in [0, 0.1) is 0 Å². The number of hydrogen-bond acceptors (Lipinski definition) is 3. The highest BCUT2D eigenvalue weighted by Gasteiger charge is 2.30. The van der Waals surface area contributed by atoms with Crippen LogP contribution in [0.5, 0.6) is 0 Å². The van der Waals surface area contributed by atoms with Crippen molar-refractivity contribution in [2.24, 2.45) is 4.99 Å². The Morgan fingerprint density at radius 1 is 1.14 bits per heavy atom. The number of guanidine groups is 1. The lowest BCUT2D eigenvalue weighted by Gasteiger charge is -2.19. The first kappa shape index (κ1) is 23.2. The van der Waals surface area contributed by atoms with Gasteiger partial charge in [-0.15, -0.1) is 24.0 Å². The minimum Gasteiger partial charge on any atom is -0.352 e. The van der Waals surface area contributed by atoms with Crippen molar-refractivity contribution >= 4 is 41.5 Å². The molecule has 3 rings (SSSR count). The van der Waals surface area contributed by atoms with Crippen LogP contribution < -0.4 is 15.5 Å². The van der Waals surface area contributed by atoms with Gasteiger partial charge in [0.05, 0.1) is 6.04 Å². The molecular weight excluding hydrogens is 477 g/mol. The highest BCUT2D eigenvalue weighted by atomic mass is 127. The summed E-state index contributed by atoms with van der Waals surface area (Å²) in [5.74, 6) is 0.848. The second-order valence-electron chi connectivity index (χ2n) is 7.37. The number of nitrogens with one attached hydrogen (secondary N) is 2. The van der Waals surface area contributed by atoms with Gasteiger partial charge in [0.15, 0.2) is 5.96 Å². The van der Waals surface area contributed by atoms with Crippen LogP contribution in [0.3, 0.4) is 0 Å². The highest BCUT2D eigenvalue weighted by Crippen LogP contribution is 2.20. The van der Waals surface area contributed by atoms with Crippen LogP contribution in [0.4, 0.5) is 5.69 Å². The Morgan fingerprint density at radius 3 is 2.55 bits per heavy atom. The number of anilines is 1. The molecule has 2 aromatic rings. The molecule has 29 heavy (non-hydrogen) atoms. The van der Waals surface area contributed by atoms with Crippen LogP contribution in [-0.2, 0) is 17.9 Å². The van der Waals surface area contributed by atoms with Crippen LogP contribution in [0.25, 0.3) is 0 Å². The molecule has 1 heterocycles. The molecule has 0 saturated carbocycles. The van der Waals surface area contributed by atoms with Crippen molar-refractivity contribution in [2.75, 3.05) is 32.6 Å². The molecule has 2 aromatic carbocycles. The molecule has 1 saturated heterocycles. The van der Waals surface area contributed by atoms with Crippen LogP contribution in [0.15, 0.2) is 59.6 Å². The van der Waals surface area contributed by atoms with E-state index in [4.69, 9.17) is 0 Å². The minimum absolute atomic E-state index is 0. The molecule has 6 nitrogen and oxygen atoms in total. The van der Waals surface area contributed by atoms with Gasteiger partial charge in [-0.25, -0.2) is 0 Å². The number of benzene rings is 2. The average Bonchev–Trinajstić information content (AvgIpc) is 3.05. The van der Waals surface area contributed by atoms with Gasteiger partial charge in [-0.05, 0) is 37.4 Å². The number of nitrogens with zero attached hydrogens (tertiary/aromatic N) is 3. The standard InChI is InChI=1S/C22H29N5O.HI/c1-23-22(24-14-17-8-7-9-18(12-17)15-26(2)3)25-19-13-21(28)27(16-19)20-10-5-4-6-11-20;/h4-12,19H,13-16H2,1-3H3,(H2,23,24,25);1H.